The zero-order valence-electron chi connectivity index (χ0n) is 23.9. The van der Waals surface area contributed by atoms with Crippen molar-refractivity contribution in [3.8, 4) is 0 Å². The number of ether oxygens (including phenoxy) is 3. The van der Waals surface area contributed by atoms with E-state index in [1.807, 2.05) is 24.3 Å². The lowest BCUT2D eigenvalue weighted by Crippen LogP contribution is -2.27. The Balaban J connectivity index is 1.37. The van der Waals surface area contributed by atoms with Gasteiger partial charge in [0.2, 0.25) is 0 Å². The van der Waals surface area contributed by atoms with Crippen molar-refractivity contribution in [2.45, 2.75) is 115 Å². The molecule has 1 aliphatic heterocycles. The number of hydrogen-bond acceptors (Lipinski definition) is 4. The van der Waals surface area contributed by atoms with Gasteiger partial charge in [-0.3, -0.25) is 0 Å². The van der Waals surface area contributed by atoms with Gasteiger partial charge in [-0.15, -0.1) is 0 Å². The first-order valence-electron chi connectivity index (χ1n) is 15.2. The third kappa shape index (κ3) is 7.70. The number of benzene rings is 2. The van der Waals surface area contributed by atoms with Gasteiger partial charge in [-0.2, -0.15) is 0 Å². The van der Waals surface area contributed by atoms with E-state index in [4.69, 9.17) is 14.2 Å². The van der Waals surface area contributed by atoms with Crippen LogP contribution >= 0.6 is 0 Å². The molecule has 1 atom stereocenters. The summed E-state index contributed by atoms with van der Waals surface area (Å²) < 4.78 is 17.9. The van der Waals surface area contributed by atoms with Crippen molar-refractivity contribution >= 4 is 5.97 Å². The monoisotopic (exact) mass is 520 g/mol. The van der Waals surface area contributed by atoms with Gasteiger partial charge in [0.1, 0.15) is 0 Å². The summed E-state index contributed by atoms with van der Waals surface area (Å²) in [7, 11) is 0. The van der Waals surface area contributed by atoms with Crippen molar-refractivity contribution in [1.82, 2.24) is 0 Å². The van der Waals surface area contributed by atoms with Crippen molar-refractivity contribution in [3.05, 3.63) is 70.3 Å². The topological polar surface area (TPSA) is 44.8 Å². The van der Waals surface area contributed by atoms with Crippen LogP contribution in [-0.4, -0.2) is 25.8 Å². The number of carbonyl (C=O) groups excluding carboxylic acids is 1. The average Bonchev–Trinajstić information content (AvgIpc) is 2.97. The molecule has 1 aliphatic carbocycles. The molecule has 1 saturated heterocycles. The Morgan fingerprint density at radius 2 is 1.61 bits per heavy atom. The minimum Gasteiger partial charge on any atom is -0.462 e. The second-order valence-corrected chi connectivity index (χ2v) is 11.4. The van der Waals surface area contributed by atoms with Gasteiger partial charge in [-0.1, -0.05) is 96.0 Å². The lowest BCUT2D eigenvalue weighted by Gasteiger charge is -2.33. The predicted octanol–water partition coefficient (Wildman–Crippen LogP) is 9.20. The fourth-order valence-electron chi connectivity index (χ4n) is 6.07. The summed E-state index contributed by atoms with van der Waals surface area (Å²) in [6.45, 7) is 8.59. The maximum Gasteiger partial charge on any atom is 0.338 e. The molecule has 0 aromatic heterocycles. The van der Waals surface area contributed by atoms with Gasteiger partial charge in [0.05, 0.1) is 25.4 Å². The van der Waals surface area contributed by atoms with Crippen LogP contribution < -0.4 is 0 Å². The van der Waals surface area contributed by atoms with Crippen LogP contribution in [0.25, 0.3) is 0 Å². The summed E-state index contributed by atoms with van der Waals surface area (Å²) in [5.74, 6) is 1.25. The lowest BCUT2D eigenvalue weighted by molar-refractivity contribution is -0.191. The quantitative estimate of drug-likeness (QED) is 0.207. The molecule has 0 radical (unpaired) electrons. The smallest absolute Gasteiger partial charge is 0.338 e. The minimum atomic E-state index is -0.396. The first-order valence-corrected chi connectivity index (χ1v) is 15.2. The van der Waals surface area contributed by atoms with E-state index >= 15 is 0 Å². The molecule has 4 rings (SSSR count). The van der Waals surface area contributed by atoms with E-state index in [0.717, 1.165) is 18.4 Å². The van der Waals surface area contributed by atoms with Crippen LogP contribution in [0, 0.1) is 0 Å². The van der Waals surface area contributed by atoms with Crippen molar-refractivity contribution < 1.29 is 19.0 Å². The van der Waals surface area contributed by atoms with E-state index in [1.54, 1.807) is 5.56 Å². The van der Waals surface area contributed by atoms with Gasteiger partial charge in [0.15, 0.2) is 6.29 Å². The second kappa shape index (κ2) is 14.8. The first-order chi connectivity index (χ1) is 18.6. The normalized spacial score (nSPS) is 21.2. The van der Waals surface area contributed by atoms with Crippen LogP contribution in [0.15, 0.2) is 42.5 Å². The van der Waals surface area contributed by atoms with Crippen LogP contribution in [-0.2, 0) is 14.2 Å². The van der Waals surface area contributed by atoms with Gasteiger partial charge in [-0.25, -0.2) is 4.79 Å². The lowest BCUT2D eigenvalue weighted by atomic mass is 9.78. The summed E-state index contributed by atoms with van der Waals surface area (Å²) in [5, 5.41) is 0. The van der Waals surface area contributed by atoms with Gasteiger partial charge >= 0.3 is 5.97 Å². The van der Waals surface area contributed by atoms with Gasteiger partial charge in [0, 0.05) is 11.5 Å². The summed E-state index contributed by atoms with van der Waals surface area (Å²) in [6, 6.07) is 14.7. The second-order valence-electron chi connectivity index (χ2n) is 11.4. The molecule has 0 bridgehead atoms. The Morgan fingerprint density at radius 3 is 2.29 bits per heavy atom. The maximum atomic E-state index is 12.3. The maximum absolute atomic E-state index is 12.3. The third-order valence-corrected chi connectivity index (χ3v) is 8.43. The fourth-order valence-corrected chi connectivity index (χ4v) is 6.07. The Hall–Kier alpha value is -2.17. The summed E-state index contributed by atoms with van der Waals surface area (Å²) >= 11 is 0. The number of rotatable bonds is 12. The van der Waals surface area contributed by atoms with E-state index in [9.17, 15) is 4.79 Å². The average molecular weight is 521 g/mol. The highest BCUT2D eigenvalue weighted by atomic mass is 16.7. The predicted molar refractivity (Wildman–Crippen MR) is 154 cm³/mol. The molecule has 1 saturated carbocycles. The molecule has 38 heavy (non-hydrogen) atoms. The SMILES string of the molecule is CCCCCCOC(=O)c1ccc([C@H]2OC[C@H](c3ccc(C(C)CCC)cc3C3CCCCC3)CO2)cc1. The summed E-state index contributed by atoms with van der Waals surface area (Å²) in [5.41, 5.74) is 5.95. The zero-order chi connectivity index (χ0) is 26.7. The highest BCUT2D eigenvalue weighted by Crippen LogP contribution is 2.40. The molecule has 1 unspecified atom stereocenters. The molecule has 2 fully saturated rings. The highest BCUT2D eigenvalue weighted by Gasteiger charge is 2.29. The first kappa shape index (κ1) is 28.8. The molecule has 4 nitrogen and oxygen atoms in total. The van der Waals surface area contributed by atoms with E-state index in [-0.39, 0.29) is 11.9 Å². The van der Waals surface area contributed by atoms with Crippen LogP contribution in [0.4, 0.5) is 0 Å². The van der Waals surface area contributed by atoms with Crippen molar-refractivity contribution in [3.63, 3.8) is 0 Å². The van der Waals surface area contributed by atoms with Crippen LogP contribution in [0.3, 0.4) is 0 Å². The van der Waals surface area contributed by atoms with E-state index < -0.39 is 6.29 Å². The zero-order valence-corrected chi connectivity index (χ0v) is 23.9. The number of carbonyl (C=O) groups is 1. The molecular weight excluding hydrogens is 472 g/mol. The van der Waals surface area contributed by atoms with E-state index in [0.29, 0.717) is 37.2 Å². The Bertz CT molecular complexity index is 984. The summed E-state index contributed by atoms with van der Waals surface area (Å²) in [6.07, 6.45) is 13.1. The molecule has 0 N–H and O–H groups in total. The Labute approximate surface area is 230 Å². The molecule has 2 aromatic carbocycles. The Kier molecular flexibility index (Phi) is 11.3. The third-order valence-electron chi connectivity index (χ3n) is 8.43. The molecule has 2 aliphatic rings. The number of esters is 1. The largest absolute Gasteiger partial charge is 0.462 e. The van der Waals surface area contributed by atoms with E-state index in [2.05, 4.69) is 39.0 Å². The van der Waals surface area contributed by atoms with Crippen LogP contribution in [0.5, 0.6) is 0 Å². The van der Waals surface area contributed by atoms with Gasteiger partial charge < -0.3 is 14.2 Å². The minimum absolute atomic E-state index is 0.251. The summed E-state index contributed by atoms with van der Waals surface area (Å²) in [4.78, 5) is 12.3. The van der Waals surface area contributed by atoms with Gasteiger partial charge in [0.25, 0.3) is 0 Å². The number of hydrogen-bond donors (Lipinski definition) is 0. The fraction of sp³-hybridized carbons (Fsp3) is 0.618. The number of unbranched alkanes of at least 4 members (excludes halogenated alkanes) is 3. The molecule has 4 heteroatoms. The van der Waals surface area contributed by atoms with E-state index in [1.165, 1.54) is 68.9 Å². The molecule has 0 amide bonds. The van der Waals surface area contributed by atoms with Crippen LogP contribution in [0.2, 0.25) is 0 Å². The Morgan fingerprint density at radius 1 is 0.868 bits per heavy atom. The molecule has 1 heterocycles. The van der Waals surface area contributed by atoms with Crippen molar-refractivity contribution in [2.75, 3.05) is 19.8 Å². The van der Waals surface area contributed by atoms with Crippen LogP contribution in [0.1, 0.15) is 148 Å². The molecule has 2 aromatic rings. The van der Waals surface area contributed by atoms with Crippen molar-refractivity contribution in [1.29, 1.82) is 0 Å². The highest BCUT2D eigenvalue weighted by molar-refractivity contribution is 5.89. The van der Waals surface area contributed by atoms with Gasteiger partial charge in [-0.05, 0) is 66.3 Å². The standard InChI is InChI=1S/C34H48O4/c1-4-6-7-11-21-36-33(35)27-15-17-28(18-16-27)34-37-23-30(24-38-34)31-20-19-29(25(3)12-5-2)22-32(31)26-13-9-8-10-14-26/h15-20,22,25-26,30,34H,4-14,21,23-24H2,1-3H3/t25?,30-,34-. The molecule has 208 valence electrons. The molecular formula is C34H48O4. The molecule has 0 spiro atoms. The van der Waals surface area contributed by atoms with Crippen molar-refractivity contribution in [2.24, 2.45) is 0 Å².